The zero-order valence-corrected chi connectivity index (χ0v) is 11.7. The summed E-state index contributed by atoms with van der Waals surface area (Å²) in [6.45, 7) is 12.8. The van der Waals surface area contributed by atoms with E-state index in [0.717, 1.165) is 6.42 Å². The van der Waals surface area contributed by atoms with Gasteiger partial charge in [-0.25, -0.2) is 0 Å². The van der Waals surface area contributed by atoms with Crippen LogP contribution in [0.15, 0.2) is 0 Å². The van der Waals surface area contributed by atoms with Crippen molar-refractivity contribution in [3.8, 4) is 0 Å². The zero-order valence-electron chi connectivity index (χ0n) is 11.7. The summed E-state index contributed by atoms with van der Waals surface area (Å²) in [4.78, 5) is 2.64. The third kappa shape index (κ3) is 4.06. The van der Waals surface area contributed by atoms with Crippen LogP contribution in [-0.4, -0.2) is 30.1 Å². The van der Waals surface area contributed by atoms with Crippen molar-refractivity contribution in [2.45, 2.75) is 65.3 Å². The summed E-state index contributed by atoms with van der Waals surface area (Å²) in [7, 11) is 0. The maximum absolute atomic E-state index is 6.01. The van der Waals surface area contributed by atoms with Gasteiger partial charge < -0.3 is 10.6 Å². The Morgan fingerprint density at radius 1 is 1.25 bits per heavy atom. The highest BCUT2D eigenvalue weighted by Gasteiger charge is 2.34. The Labute approximate surface area is 102 Å². The molecule has 96 valence electrons. The molecule has 1 rings (SSSR count). The van der Waals surface area contributed by atoms with Gasteiger partial charge in [-0.2, -0.15) is 0 Å². The van der Waals surface area contributed by atoms with E-state index in [9.17, 15) is 0 Å². The molecule has 0 aromatic heterocycles. The quantitative estimate of drug-likeness (QED) is 0.754. The van der Waals surface area contributed by atoms with E-state index in [4.69, 9.17) is 5.73 Å². The van der Waals surface area contributed by atoms with Gasteiger partial charge in [-0.1, -0.05) is 13.8 Å². The third-order valence-corrected chi connectivity index (χ3v) is 4.31. The minimum atomic E-state index is 0.00628. The van der Waals surface area contributed by atoms with Crippen LogP contribution < -0.4 is 5.73 Å². The summed E-state index contributed by atoms with van der Waals surface area (Å²) < 4.78 is 0. The molecular weight excluding hydrogens is 196 g/mol. The first-order chi connectivity index (χ1) is 7.41. The standard InChI is InChI=1S/C14H30N2/c1-5-14(6-2)9-11-16(12-14)10-7-8-13(3,4)15/h5-12,15H2,1-4H3. The van der Waals surface area contributed by atoms with Crippen molar-refractivity contribution < 1.29 is 0 Å². The van der Waals surface area contributed by atoms with Crippen molar-refractivity contribution in [3.05, 3.63) is 0 Å². The molecule has 1 saturated heterocycles. The molecule has 1 heterocycles. The molecule has 2 heteroatoms. The van der Waals surface area contributed by atoms with Crippen LogP contribution in [0.2, 0.25) is 0 Å². The summed E-state index contributed by atoms with van der Waals surface area (Å²) in [6, 6.07) is 0. The second-order valence-corrected chi connectivity index (χ2v) is 6.33. The molecule has 1 aliphatic heterocycles. The molecule has 0 bridgehead atoms. The number of nitrogens with two attached hydrogens (primary N) is 1. The van der Waals surface area contributed by atoms with Crippen LogP contribution in [0.25, 0.3) is 0 Å². The molecule has 2 N–H and O–H groups in total. The Bertz CT molecular complexity index is 201. The summed E-state index contributed by atoms with van der Waals surface area (Å²) in [6.07, 6.45) is 6.44. The molecule has 0 atom stereocenters. The average molecular weight is 226 g/mol. The second kappa shape index (κ2) is 5.50. The first-order valence-electron chi connectivity index (χ1n) is 6.92. The lowest BCUT2D eigenvalue weighted by Gasteiger charge is -2.27. The molecule has 1 fully saturated rings. The fourth-order valence-electron chi connectivity index (χ4n) is 2.80. The highest BCUT2D eigenvalue weighted by atomic mass is 15.2. The van der Waals surface area contributed by atoms with E-state index in [2.05, 4.69) is 32.6 Å². The lowest BCUT2D eigenvalue weighted by Crippen LogP contribution is -2.33. The lowest BCUT2D eigenvalue weighted by atomic mass is 9.82. The van der Waals surface area contributed by atoms with Crippen molar-refractivity contribution in [1.29, 1.82) is 0 Å². The van der Waals surface area contributed by atoms with Gasteiger partial charge in [-0.15, -0.1) is 0 Å². The Balaban J connectivity index is 2.26. The van der Waals surface area contributed by atoms with Gasteiger partial charge in [0.1, 0.15) is 0 Å². The average Bonchev–Trinajstić information content (AvgIpc) is 2.61. The van der Waals surface area contributed by atoms with Crippen LogP contribution in [0.3, 0.4) is 0 Å². The van der Waals surface area contributed by atoms with E-state index in [1.807, 2.05) is 0 Å². The second-order valence-electron chi connectivity index (χ2n) is 6.33. The molecule has 1 aliphatic rings. The highest BCUT2D eigenvalue weighted by Crippen LogP contribution is 2.36. The predicted molar refractivity (Wildman–Crippen MR) is 71.6 cm³/mol. The predicted octanol–water partition coefficient (Wildman–Crippen LogP) is 3.02. The number of rotatable bonds is 6. The zero-order chi connectivity index (χ0) is 12.2. The molecule has 0 saturated carbocycles. The molecule has 0 spiro atoms. The Morgan fingerprint density at radius 2 is 1.88 bits per heavy atom. The Hall–Kier alpha value is -0.0800. The van der Waals surface area contributed by atoms with E-state index < -0.39 is 0 Å². The Morgan fingerprint density at radius 3 is 2.31 bits per heavy atom. The molecule has 16 heavy (non-hydrogen) atoms. The van der Waals surface area contributed by atoms with Gasteiger partial charge in [0.05, 0.1) is 0 Å². The fraction of sp³-hybridized carbons (Fsp3) is 1.00. The summed E-state index contributed by atoms with van der Waals surface area (Å²) in [5.74, 6) is 0. The minimum Gasteiger partial charge on any atom is -0.326 e. The van der Waals surface area contributed by atoms with E-state index in [-0.39, 0.29) is 5.54 Å². The van der Waals surface area contributed by atoms with Crippen LogP contribution in [0.1, 0.15) is 59.8 Å². The SMILES string of the molecule is CCC1(CC)CCN(CCCC(C)(C)N)C1. The summed E-state index contributed by atoms with van der Waals surface area (Å²) >= 11 is 0. The normalized spacial score (nSPS) is 21.6. The molecule has 0 unspecified atom stereocenters. The number of nitrogens with zero attached hydrogens (tertiary/aromatic N) is 1. The van der Waals surface area contributed by atoms with Crippen LogP contribution in [-0.2, 0) is 0 Å². The molecule has 2 nitrogen and oxygen atoms in total. The van der Waals surface area contributed by atoms with Crippen molar-refractivity contribution in [2.24, 2.45) is 11.1 Å². The highest BCUT2D eigenvalue weighted by molar-refractivity contribution is 4.88. The van der Waals surface area contributed by atoms with Gasteiger partial charge in [0, 0.05) is 12.1 Å². The van der Waals surface area contributed by atoms with Gasteiger partial charge >= 0.3 is 0 Å². The van der Waals surface area contributed by atoms with E-state index in [0.29, 0.717) is 5.41 Å². The van der Waals surface area contributed by atoms with Gasteiger partial charge in [-0.05, 0) is 64.5 Å². The topological polar surface area (TPSA) is 29.3 Å². The van der Waals surface area contributed by atoms with Crippen molar-refractivity contribution in [2.75, 3.05) is 19.6 Å². The van der Waals surface area contributed by atoms with Gasteiger partial charge in [-0.3, -0.25) is 0 Å². The smallest absolute Gasteiger partial charge is 0.00975 e. The summed E-state index contributed by atoms with van der Waals surface area (Å²) in [5, 5.41) is 0. The largest absolute Gasteiger partial charge is 0.326 e. The molecule has 0 aliphatic carbocycles. The first-order valence-corrected chi connectivity index (χ1v) is 6.92. The minimum absolute atomic E-state index is 0.00628. The molecular formula is C14H30N2. The van der Waals surface area contributed by atoms with Gasteiger partial charge in [0.2, 0.25) is 0 Å². The first kappa shape index (κ1) is 14.0. The third-order valence-electron chi connectivity index (χ3n) is 4.31. The van der Waals surface area contributed by atoms with Crippen molar-refractivity contribution >= 4 is 0 Å². The monoisotopic (exact) mass is 226 g/mol. The van der Waals surface area contributed by atoms with Crippen LogP contribution in [0, 0.1) is 5.41 Å². The van der Waals surface area contributed by atoms with Crippen molar-refractivity contribution in [3.63, 3.8) is 0 Å². The molecule has 0 radical (unpaired) electrons. The Kier molecular flexibility index (Phi) is 4.81. The van der Waals surface area contributed by atoms with E-state index in [1.165, 1.54) is 45.3 Å². The van der Waals surface area contributed by atoms with E-state index in [1.54, 1.807) is 0 Å². The maximum Gasteiger partial charge on any atom is 0.00975 e. The summed E-state index contributed by atoms with van der Waals surface area (Å²) in [5.41, 5.74) is 6.64. The molecule has 0 amide bonds. The van der Waals surface area contributed by atoms with Crippen LogP contribution in [0.5, 0.6) is 0 Å². The van der Waals surface area contributed by atoms with Crippen LogP contribution in [0.4, 0.5) is 0 Å². The van der Waals surface area contributed by atoms with Crippen LogP contribution >= 0.6 is 0 Å². The number of hydrogen-bond acceptors (Lipinski definition) is 2. The van der Waals surface area contributed by atoms with Gasteiger partial charge in [0.15, 0.2) is 0 Å². The van der Waals surface area contributed by atoms with Crippen molar-refractivity contribution in [1.82, 2.24) is 4.90 Å². The number of likely N-dealkylation sites (tertiary alicyclic amines) is 1. The van der Waals surface area contributed by atoms with Gasteiger partial charge in [0.25, 0.3) is 0 Å². The number of hydrogen-bond donors (Lipinski definition) is 1. The molecule has 0 aromatic carbocycles. The lowest BCUT2D eigenvalue weighted by molar-refractivity contribution is 0.234. The molecule has 0 aromatic rings. The van der Waals surface area contributed by atoms with E-state index >= 15 is 0 Å². The maximum atomic E-state index is 6.01. The fourth-order valence-corrected chi connectivity index (χ4v) is 2.80.